The van der Waals surface area contributed by atoms with Crippen LogP contribution in [0.15, 0.2) is 0 Å². The molecule has 0 aromatic heterocycles. The van der Waals surface area contributed by atoms with Crippen LogP contribution in [-0.4, -0.2) is 58.9 Å². The molecule has 2 atom stereocenters. The molecule has 0 bridgehead atoms. The molecule has 0 saturated heterocycles. The van der Waals surface area contributed by atoms with Crippen LogP contribution < -0.4 is 11.1 Å². The minimum absolute atomic E-state index is 0.0709. The largest absolute Gasteiger partial charge is 0.480 e. The number of hydrogen-bond acceptors (Lipinski definition) is 7. The van der Waals surface area contributed by atoms with E-state index in [2.05, 4.69) is 10.1 Å². The molecule has 0 saturated carbocycles. The summed E-state index contributed by atoms with van der Waals surface area (Å²) in [5.74, 6) is -2.10. The number of methoxy groups -OCH3 is 1. The third-order valence-corrected chi connectivity index (χ3v) is 4.11. The van der Waals surface area contributed by atoms with E-state index in [0.29, 0.717) is 0 Å². The lowest BCUT2D eigenvalue weighted by molar-refractivity contribution is -0.139. The number of carbonyl (C=O) groups is 3. The quantitative estimate of drug-likeness (QED) is 0.348. The number of amides is 1. The second-order valence-corrected chi connectivity index (χ2v) is 5.59. The maximum atomic E-state index is 10.8. The van der Waals surface area contributed by atoms with Gasteiger partial charge in [-0.3, -0.25) is 4.79 Å². The molecule has 1 amide bonds. The fourth-order valence-corrected chi connectivity index (χ4v) is 2.95. The summed E-state index contributed by atoms with van der Waals surface area (Å²) in [4.78, 5) is 32.0. The molecule has 0 aliphatic carbocycles. The molecular formula is C8H14N2O6S2. The van der Waals surface area contributed by atoms with Crippen LogP contribution in [0, 0.1) is 0 Å². The minimum atomic E-state index is -1.20. The Morgan fingerprint density at radius 3 is 2.22 bits per heavy atom. The van der Waals surface area contributed by atoms with Crippen LogP contribution in [0.4, 0.5) is 4.79 Å². The Balaban J connectivity index is 3.95. The van der Waals surface area contributed by atoms with Gasteiger partial charge in [0.05, 0.1) is 7.11 Å². The number of ether oxygens (including phenoxy) is 1. The van der Waals surface area contributed by atoms with Crippen LogP contribution in [0.5, 0.6) is 0 Å². The van der Waals surface area contributed by atoms with E-state index in [9.17, 15) is 14.4 Å². The zero-order chi connectivity index (χ0) is 14.1. The van der Waals surface area contributed by atoms with E-state index in [1.54, 1.807) is 0 Å². The Morgan fingerprint density at radius 1 is 1.22 bits per heavy atom. The van der Waals surface area contributed by atoms with E-state index >= 15 is 0 Å². The summed E-state index contributed by atoms with van der Waals surface area (Å²) in [6.07, 6.45) is -0.838. The van der Waals surface area contributed by atoms with Gasteiger partial charge in [-0.25, -0.2) is 9.59 Å². The molecule has 1 unspecified atom stereocenters. The van der Waals surface area contributed by atoms with Gasteiger partial charge in [0.1, 0.15) is 12.1 Å². The van der Waals surface area contributed by atoms with Crippen molar-refractivity contribution in [1.29, 1.82) is 0 Å². The highest BCUT2D eigenvalue weighted by Crippen LogP contribution is 2.22. The fourth-order valence-electron chi connectivity index (χ4n) is 0.685. The predicted molar refractivity (Wildman–Crippen MR) is 67.5 cm³/mol. The number of alkyl carbamates (subject to hydrolysis) is 1. The molecule has 0 rings (SSSR count). The standard InChI is InChI=1S/C8H14N2O6S2/c1-16-8(15)10-5(7(13)14)3-18-17-2-4(9)6(11)12/h4-5H,2-3,9H2,1H3,(H,10,15)(H,11,12)(H,13,14)/t4?,5-/m0/s1. The summed E-state index contributed by atoms with van der Waals surface area (Å²) in [7, 11) is 3.36. The molecule has 8 nitrogen and oxygen atoms in total. The first-order valence-electron chi connectivity index (χ1n) is 4.68. The van der Waals surface area contributed by atoms with Gasteiger partial charge in [-0.15, -0.1) is 0 Å². The molecule has 0 heterocycles. The van der Waals surface area contributed by atoms with Crippen molar-refractivity contribution < 1.29 is 29.3 Å². The molecule has 5 N–H and O–H groups in total. The van der Waals surface area contributed by atoms with Crippen molar-refractivity contribution in [2.24, 2.45) is 5.73 Å². The normalized spacial score (nSPS) is 13.4. The Hall–Kier alpha value is -1.13. The van der Waals surface area contributed by atoms with Crippen molar-refractivity contribution in [3.05, 3.63) is 0 Å². The van der Waals surface area contributed by atoms with Crippen molar-refractivity contribution >= 4 is 39.6 Å². The van der Waals surface area contributed by atoms with Crippen molar-refractivity contribution in [1.82, 2.24) is 5.32 Å². The number of nitrogens with two attached hydrogens (primary N) is 1. The van der Waals surface area contributed by atoms with E-state index in [0.717, 1.165) is 28.7 Å². The number of carboxylic acid groups (broad SMARTS) is 2. The Bertz CT molecular complexity index is 314. The van der Waals surface area contributed by atoms with Gasteiger partial charge < -0.3 is 26.0 Å². The number of hydrogen-bond donors (Lipinski definition) is 4. The van der Waals surface area contributed by atoms with Crippen LogP contribution in [0.25, 0.3) is 0 Å². The van der Waals surface area contributed by atoms with Crippen molar-refractivity contribution in [3.8, 4) is 0 Å². The minimum Gasteiger partial charge on any atom is -0.480 e. The van der Waals surface area contributed by atoms with E-state index in [4.69, 9.17) is 15.9 Å². The maximum absolute atomic E-state index is 10.8. The molecule has 0 aliphatic heterocycles. The number of nitrogens with one attached hydrogen (secondary N) is 1. The first kappa shape index (κ1) is 16.9. The molecule has 0 fully saturated rings. The summed E-state index contributed by atoms with van der Waals surface area (Å²) >= 11 is 0. The number of carbonyl (C=O) groups excluding carboxylic acids is 1. The van der Waals surface area contributed by atoms with Gasteiger partial charge in [-0.05, 0) is 0 Å². The van der Waals surface area contributed by atoms with Gasteiger partial charge >= 0.3 is 18.0 Å². The maximum Gasteiger partial charge on any atom is 0.407 e. The SMILES string of the molecule is COC(=O)N[C@@H](CSSCC(N)C(=O)O)C(=O)O. The van der Waals surface area contributed by atoms with E-state index in [1.165, 1.54) is 0 Å². The second kappa shape index (κ2) is 8.89. The van der Waals surface area contributed by atoms with Crippen molar-refractivity contribution in [3.63, 3.8) is 0 Å². The van der Waals surface area contributed by atoms with E-state index in [1.807, 2.05) is 0 Å². The van der Waals surface area contributed by atoms with Gasteiger partial charge in [0, 0.05) is 11.5 Å². The molecule has 10 heteroatoms. The Labute approximate surface area is 111 Å². The zero-order valence-electron chi connectivity index (χ0n) is 9.49. The molecule has 0 spiro atoms. The summed E-state index contributed by atoms with van der Waals surface area (Å²) in [5.41, 5.74) is 5.26. The van der Waals surface area contributed by atoms with Crippen LogP contribution in [0.1, 0.15) is 0 Å². The van der Waals surface area contributed by atoms with Crippen LogP contribution in [0.2, 0.25) is 0 Å². The van der Waals surface area contributed by atoms with Gasteiger partial charge in [-0.2, -0.15) is 0 Å². The first-order valence-corrected chi connectivity index (χ1v) is 7.17. The van der Waals surface area contributed by atoms with Gasteiger partial charge in [-0.1, -0.05) is 21.6 Å². The molecule has 18 heavy (non-hydrogen) atoms. The van der Waals surface area contributed by atoms with Crippen LogP contribution in [-0.2, 0) is 14.3 Å². The van der Waals surface area contributed by atoms with Crippen LogP contribution in [0.3, 0.4) is 0 Å². The summed E-state index contributed by atoms with van der Waals surface area (Å²) < 4.78 is 4.28. The third kappa shape index (κ3) is 7.25. The number of aliphatic carboxylic acids is 2. The summed E-state index contributed by atoms with van der Waals surface area (Å²) in [6.45, 7) is 0. The topological polar surface area (TPSA) is 139 Å². The molecule has 0 radical (unpaired) electrons. The van der Waals surface area contributed by atoms with E-state index < -0.39 is 30.1 Å². The highest BCUT2D eigenvalue weighted by molar-refractivity contribution is 8.76. The third-order valence-electron chi connectivity index (χ3n) is 1.66. The predicted octanol–water partition coefficient (Wildman–Crippen LogP) is -0.411. The Morgan fingerprint density at radius 2 is 1.78 bits per heavy atom. The molecular weight excluding hydrogens is 284 g/mol. The van der Waals surface area contributed by atoms with Gasteiger partial charge in [0.2, 0.25) is 0 Å². The number of rotatable bonds is 8. The summed E-state index contributed by atoms with van der Waals surface area (Å²) in [5, 5.41) is 19.5. The average molecular weight is 298 g/mol. The first-order chi connectivity index (χ1) is 8.38. The van der Waals surface area contributed by atoms with Crippen molar-refractivity contribution in [2.75, 3.05) is 18.6 Å². The second-order valence-electron chi connectivity index (χ2n) is 3.04. The van der Waals surface area contributed by atoms with Gasteiger partial charge in [0.15, 0.2) is 0 Å². The highest BCUT2D eigenvalue weighted by atomic mass is 33.1. The number of carboxylic acids is 2. The lowest BCUT2D eigenvalue weighted by Gasteiger charge is -2.13. The van der Waals surface area contributed by atoms with E-state index in [-0.39, 0.29) is 11.5 Å². The highest BCUT2D eigenvalue weighted by Gasteiger charge is 2.20. The lowest BCUT2D eigenvalue weighted by atomic mass is 10.3. The monoisotopic (exact) mass is 298 g/mol. The molecule has 0 aromatic rings. The Kier molecular flexibility index (Phi) is 8.33. The average Bonchev–Trinajstić information content (AvgIpc) is 2.31. The molecule has 0 aromatic carbocycles. The zero-order valence-corrected chi connectivity index (χ0v) is 11.1. The molecule has 0 aliphatic rings. The van der Waals surface area contributed by atoms with Gasteiger partial charge in [0.25, 0.3) is 0 Å². The van der Waals surface area contributed by atoms with Crippen LogP contribution >= 0.6 is 21.6 Å². The van der Waals surface area contributed by atoms with Crippen molar-refractivity contribution in [2.45, 2.75) is 12.1 Å². The lowest BCUT2D eigenvalue weighted by Crippen LogP contribution is -2.42. The molecule has 104 valence electrons. The fraction of sp³-hybridized carbons (Fsp3) is 0.625. The summed E-state index contributed by atoms with van der Waals surface area (Å²) in [6, 6.07) is -2.10. The smallest absolute Gasteiger partial charge is 0.407 e.